The Kier molecular flexibility index (Phi) is 4.12. The molecule has 2 aromatic heterocycles. The molecule has 1 aromatic carbocycles. The fourth-order valence-electron chi connectivity index (χ4n) is 3.02. The van der Waals surface area contributed by atoms with Crippen molar-refractivity contribution in [3.05, 3.63) is 55.3 Å². The summed E-state index contributed by atoms with van der Waals surface area (Å²) in [7, 11) is 3.14. The molecule has 0 N–H and O–H groups in total. The van der Waals surface area contributed by atoms with Crippen molar-refractivity contribution in [2.75, 3.05) is 0 Å². The van der Waals surface area contributed by atoms with Gasteiger partial charge in [0.2, 0.25) is 0 Å². The Hall–Kier alpha value is -1.98. The third kappa shape index (κ3) is 2.71. The lowest BCUT2D eigenvalue weighted by Gasteiger charge is -2.25. The predicted octanol–water partition coefficient (Wildman–Crippen LogP) is 3.77. The standard InChI is InChI=1S/C18H19Cl2N3O2/c1-18(2,3)23-9-13-14(16(24)22(5)17(25)21(13)4)15(23)11-7-6-10(19)8-12(11)20/h6-9H,1-5H3. The summed E-state index contributed by atoms with van der Waals surface area (Å²) in [6.45, 7) is 6.09. The second-order valence-electron chi connectivity index (χ2n) is 7.11. The van der Waals surface area contributed by atoms with Crippen molar-refractivity contribution in [1.29, 1.82) is 0 Å². The van der Waals surface area contributed by atoms with Gasteiger partial charge in [0.25, 0.3) is 5.56 Å². The summed E-state index contributed by atoms with van der Waals surface area (Å²) in [4.78, 5) is 25.2. The summed E-state index contributed by atoms with van der Waals surface area (Å²) in [5.74, 6) is 0. The van der Waals surface area contributed by atoms with Crippen molar-refractivity contribution in [3.63, 3.8) is 0 Å². The van der Waals surface area contributed by atoms with Gasteiger partial charge in [-0.2, -0.15) is 0 Å². The Bertz CT molecular complexity index is 1110. The summed E-state index contributed by atoms with van der Waals surface area (Å²) < 4.78 is 4.57. The van der Waals surface area contributed by atoms with Gasteiger partial charge in [-0.25, -0.2) is 4.79 Å². The Labute approximate surface area is 155 Å². The second-order valence-corrected chi connectivity index (χ2v) is 7.95. The summed E-state index contributed by atoms with van der Waals surface area (Å²) in [6.07, 6.45) is 1.83. The molecular weight excluding hydrogens is 361 g/mol. The number of nitrogens with zero attached hydrogens (tertiary/aromatic N) is 3. The van der Waals surface area contributed by atoms with Crippen LogP contribution in [-0.4, -0.2) is 13.7 Å². The fraction of sp³-hybridized carbons (Fsp3) is 0.333. The van der Waals surface area contributed by atoms with E-state index >= 15 is 0 Å². The highest BCUT2D eigenvalue weighted by atomic mass is 35.5. The molecule has 3 rings (SSSR count). The minimum absolute atomic E-state index is 0.321. The molecule has 0 atom stereocenters. The highest BCUT2D eigenvalue weighted by Crippen LogP contribution is 2.37. The maximum atomic E-state index is 12.9. The van der Waals surface area contributed by atoms with Gasteiger partial charge in [0.15, 0.2) is 0 Å². The van der Waals surface area contributed by atoms with Gasteiger partial charge in [0, 0.05) is 36.4 Å². The molecule has 7 heteroatoms. The molecule has 0 aliphatic heterocycles. The summed E-state index contributed by atoms with van der Waals surface area (Å²) in [5.41, 5.74) is 0.925. The van der Waals surface area contributed by atoms with Gasteiger partial charge >= 0.3 is 5.69 Å². The molecule has 132 valence electrons. The largest absolute Gasteiger partial charge is 0.339 e. The number of aromatic nitrogens is 3. The monoisotopic (exact) mass is 379 g/mol. The third-order valence-corrected chi connectivity index (χ3v) is 4.90. The van der Waals surface area contributed by atoms with Gasteiger partial charge in [0.05, 0.1) is 21.6 Å². The average Bonchev–Trinajstić information content (AvgIpc) is 2.91. The lowest BCUT2D eigenvalue weighted by Crippen LogP contribution is -2.36. The maximum Gasteiger partial charge on any atom is 0.330 e. The number of rotatable bonds is 1. The smallest absolute Gasteiger partial charge is 0.330 e. The van der Waals surface area contributed by atoms with Crippen molar-refractivity contribution in [2.24, 2.45) is 14.1 Å². The van der Waals surface area contributed by atoms with Crippen molar-refractivity contribution in [1.82, 2.24) is 13.7 Å². The lowest BCUT2D eigenvalue weighted by molar-refractivity contribution is 0.403. The summed E-state index contributed by atoms with van der Waals surface area (Å²) >= 11 is 12.5. The van der Waals surface area contributed by atoms with Crippen LogP contribution in [0.15, 0.2) is 34.0 Å². The van der Waals surface area contributed by atoms with E-state index in [2.05, 4.69) is 0 Å². The van der Waals surface area contributed by atoms with Gasteiger partial charge in [-0.3, -0.25) is 13.9 Å². The molecule has 0 saturated heterocycles. The molecule has 0 amide bonds. The Morgan fingerprint density at radius 3 is 2.20 bits per heavy atom. The van der Waals surface area contributed by atoms with Crippen LogP contribution in [0.5, 0.6) is 0 Å². The highest BCUT2D eigenvalue weighted by Gasteiger charge is 2.26. The third-order valence-electron chi connectivity index (χ3n) is 4.35. The normalized spacial score (nSPS) is 12.1. The lowest BCUT2D eigenvalue weighted by atomic mass is 10.0. The first kappa shape index (κ1) is 17.8. The first-order chi connectivity index (χ1) is 11.5. The fourth-order valence-corrected chi connectivity index (χ4v) is 3.51. The van der Waals surface area contributed by atoms with E-state index in [-0.39, 0.29) is 16.8 Å². The summed E-state index contributed by atoms with van der Waals surface area (Å²) in [6, 6.07) is 5.18. The quantitative estimate of drug-likeness (QED) is 0.645. The molecule has 25 heavy (non-hydrogen) atoms. The van der Waals surface area contributed by atoms with Crippen LogP contribution in [0.25, 0.3) is 22.2 Å². The van der Waals surface area contributed by atoms with Crippen molar-refractivity contribution in [2.45, 2.75) is 26.3 Å². The van der Waals surface area contributed by atoms with Crippen LogP contribution in [0, 0.1) is 0 Å². The SMILES string of the molecule is Cn1c(=O)c2c(-c3ccc(Cl)cc3Cl)n(C(C)(C)C)cc2n(C)c1=O. The second kappa shape index (κ2) is 5.78. The molecule has 0 bridgehead atoms. The van der Waals surface area contributed by atoms with Crippen LogP contribution >= 0.6 is 23.2 Å². The minimum Gasteiger partial charge on any atom is -0.339 e. The van der Waals surface area contributed by atoms with E-state index in [1.54, 1.807) is 25.2 Å². The van der Waals surface area contributed by atoms with Crippen molar-refractivity contribution in [3.8, 4) is 11.3 Å². The average molecular weight is 380 g/mol. The molecule has 0 fully saturated rings. The number of hydrogen-bond acceptors (Lipinski definition) is 2. The molecule has 0 unspecified atom stereocenters. The molecule has 2 heterocycles. The van der Waals surface area contributed by atoms with Crippen LogP contribution in [0.3, 0.4) is 0 Å². The van der Waals surface area contributed by atoms with E-state index in [9.17, 15) is 9.59 Å². The van der Waals surface area contributed by atoms with Crippen molar-refractivity contribution >= 4 is 34.1 Å². The zero-order chi connectivity index (χ0) is 18.7. The van der Waals surface area contributed by atoms with Gasteiger partial charge < -0.3 is 4.57 Å². The number of hydrogen-bond donors (Lipinski definition) is 0. The van der Waals surface area contributed by atoms with Gasteiger partial charge in [-0.15, -0.1) is 0 Å². The van der Waals surface area contributed by atoms with Crippen LogP contribution < -0.4 is 11.2 Å². The Balaban J connectivity index is 2.61. The highest BCUT2D eigenvalue weighted by molar-refractivity contribution is 6.36. The first-order valence-corrected chi connectivity index (χ1v) is 8.56. The molecule has 0 aliphatic carbocycles. The number of fused-ring (bicyclic) bond motifs is 1. The Morgan fingerprint density at radius 2 is 1.64 bits per heavy atom. The van der Waals surface area contributed by atoms with E-state index in [4.69, 9.17) is 23.2 Å². The van der Waals surface area contributed by atoms with Gasteiger partial charge in [-0.1, -0.05) is 23.2 Å². The van der Waals surface area contributed by atoms with Crippen LogP contribution in [0.2, 0.25) is 10.0 Å². The molecule has 0 spiro atoms. The molecule has 5 nitrogen and oxygen atoms in total. The summed E-state index contributed by atoms with van der Waals surface area (Å²) in [5, 5.41) is 1.44. The van der Waals surface area contributed by atoms with E-state index < -0.39 is 0 Å². The van der Waals surface area contributed by atoms with E-state index in [1.807, 2.05) is 31.5 Å². The zero-order valence-corrected chi connectivity index (χ0v) is 16.2. The van der Waals surface area contributed by atoms with E-state index in [0.717, 1.165) is 4.57 Å². The molecule has 0 radical (unpaired) electrons. The number of aryl methyl sites for hydroxylation is 1. The molecule has 0 aliphatic rings. The van der Waals surface area contributed by atoms with Crippen LogP contribution in [0.1, 0.15) is 20.8 Å². The van der Waals surface area contributed by atoms with Crippen LogP contribution in [-0.2, 0) is 19.6 Å². The van der Waals surface area contributed by atoms with Gasteiger partial charge in [-0.05, 0) is 39.0 Å². The van der Waals surface area contributed by atoms with E-state index in [0.29, 0.717) is 32.2 Å². The molecule has 0 saturated carbocycles. The number of halogens is 2. The zero-order valence-electron chi connectivity index (χ0n) is 14.7. The first-order valence-electron chi connectivity index (χ1n) is 7.81. The number of benzene rings is 1. The predicted molar refractivity (Wildman–Crippen MR) is 103 cm³/mol. The minimum atomic E-state index is -0.364. The molecular formula is C18H19Cl2N3O2. The topological polar surface area (TPSA) is 48.9 Å². The van der Waals surface area contributed by atoms with E-state index in [1.165, 1.54) is 11.6 Å². The Morgan fingerprint density at radius 1 is 1.00 bits per heavy atom. The van der Waals surface area contributed by atoms with Crippen LogP contribution in [0.4, 0.5) is 0 Å². The van der Waals surface area contributed by atoms with Gasteiger partial charge in [0.1, 0.15) is 0 Å². The maximum absolute atomic E-state index is 12.9. The molecule has 3 aromatic rings. The van der Waals surface area contributed by atoms with Crippen molar-refractivity contribution < 1.29 is 0 Å².